The molecule has 3 rings (SSSR count). The Labute approximate surface area is 136 Å². The maximum Gasteiger partial charge on any atom is 0.222 e. The van der Waals surface area contributed by atoms with Crippen molar-refractivity contribution in [1.29, 1.82) is 0 Å². The molecule has 124 valence electrons. The largest absolute Gasteiger partial charge is 0.359 e. The zero-order valence-corrected chi connectivity index (χ0v) is 14.5. The van der Waals surface area contributed by atoms with Crippen molar-refractivity contribution >= 4 is 22.8 Å². The van der Waals surface area contributed by atoms with Gasteiger partial charge in [0.2, 0.25) is 5.91 Å². The highest BCUT2D eigenvalue weighted by atomic mass is 16.2. The summed E-state index contributed by atoms with van der Waals surface area (Å²) in [5.74, 6) is 2.24. The van der Waals surface area contributed by atoms with Gasteiger partial charge in [0, 0.05) is 46.1 Å². The van der Waals surface area contributed by atoms with Gasteiger partial charge in [-0.25, -0.2) is 9.97 Å². The van der Waals surface area contributed by atoms with Crippen LogP contribution in [0.5, 0.6) is 0 Å². The number of carbonyl (C=O) groups is 1. The van der Waals surface area contributed by atoms with Crippen molar-refractivity contribution in [3.05, 3.63) is 11.5 Å². The van der Waals surface area contributed by atoms with Crippen LogP contribution in [0.3, 0.4) is 0 Å². The summed E-state index contributed by atoms with van der Waals surface area (Å²) in [6.45, 7) is 8.34. The van der Waals surface area contributed by atoms with Crippen molar-refractivity contribution < 1.29 is 4.79 Å². The maximum atomic E-state index is 11.9. The Morgan fingerprint density at radius 3 is 2.70 bits per heavy atom. The number of hydrogen-bond acceptors (Lipinski definition) is 5. The third kappa shape index (κ3) is 2.75. The second-order valence-electron chi connectivity index (χ2n) is 6.39. The molecular weight excluding hydrogens is 292 g/mol. The van der Waals surface area contributed by atoms with Crippen molar-refractivity contribution in [3.8, 4) is 0 Å². The van der Waals surface area contributed by atoms with Gasteiger partial charge in [-0.05, 0) is 20.8 Å². The second kappa shape index (κ2) is 5.79. The van der Waals surface area contributed by atoms with Gasteiger partial charge in [0.15, 0.2) is 5.65 Å². The maximum absolute atomic E-state index is 11.9. The predicted molar refractivity (Wildman–Crippen MR) is 89.4 cm³/mol. The van der Waals surface area contributed by atoms with E-state index >= 15 is 0 Å². The Kier molecular flexibility index (Phi) is 3.95. The molecule has 0 aromatic carbocycles. The van der Waals surface area contributed by atoms with Gasteiger partial charge in [-0.3, -0.25) is 9.48 Å². The van der Waals surface area contributed by atoms with Crippen LogP contribution in [-0.2, 0) is 11.8 Å². The van der Waals surface area contributed by atoms with Crippen LogP contribution in [0, 0.1) is 19.8 Å². The molecule has 0 aliphatic carbocycles. The van der Waals surface area contributed by atoms with E-state index in [2.05, 4.69) is 20.0 Å². The normalized spacial score (nSPS) is 18.2. The minimum Gasteiger partial charge on any atom is -0.359 e. The van der Waals surface area contributed by atoms with Crippen molar-refractivity contribution in [1.82, 2.24) is 24.6 Å². The summed E-state index contributed by atoms with van der Waals surface area (Å²) in [5.41, 5.74) is 1.79. The topological polar surface area (TPSA) is 67.2 Å². The van der Waals surface area contributed by atoms with Crippen LogP contribution >= 0.6 is 0 Å². The number of rotatable bonds is 4. The molecule has 0 radical (unpaired) electrons. The summed E-state index contributed by atoms with van der Waals surface area (Å²) in [6, 6.07) is 0. The van der Waals surface area contributed by atoms with Gasteiger partial charge in [0.1, 0.15) is 11.6 Å². The number of anilines is 1. The van der Waals surface area contributed by atoms with E-state index in [1.807, 2.05) is 39.8 Å². The van der Waals surface area contributed by atoms with Crippen molar-refractivity contribution in [2.75, 3.05) is 31.6 Å². The van der Waals surface area contributed by atoms with Crippen LogP contribution in [-0.4, -0.2) is 57.2 Å². The highest BCUT2D eigenvalue weighted by Gasteiger charge is 2.30. The van der Waals surface area contributed by atoms with E-state index in [1.165, 1.54) is 0 Å². The number of amides is 1. The van der Waals surface area contributed by atoms with Gasteiger partial charge in [0.05, 0.1) is 11.1 Å². The number of hydrogen-bond donors (Lipinski definition) is 0. The molecule has 2 aromatic rings. The van der Waals surface area contributed by atoms with E-state index in [9.17, 15) is 4.79 Å². The average Bonchev–Trinajstić information content (AvgIpc) is 2.98. The molecule has 3 heterocycles. The van der Waals surface area contributed by atoms with Gasteiger partial charge in [0.25, 0.3) is 0 Å². The summed E-state index contributed by atoms with van der Waals surface area (Å²) >= 11 is 0. The molecule has 0 saturated carbocycles. The fraction of sp³-hybridized carbons (Fsp3) is 0.625. The molecule has 1 saturated heterocycles. The molecule has 0 unspecified atom stereocenters. The summed E-state index contributed by atoms with van der Waals surface area (Å²) in [5, 5.41) is 5.47. The summed E-state index contributed by atoms with van der Waals surface area (Å²) in [7, 11) is 3.94. The first-order valence-corrected chi connectivity index (χ1v) is 8.07. The highest BCUT2D eigenvalue weighted by Crippen LogP contribution is 2.27. The van der Waals surface area contributed by atoms with E-state index in [0.717, 1.165) is 48.0 Å². The molecule has 1 fully saturated rings. The van der Waals surface area contributed by atoms with E-state index in [4.69, 9.17) is 0 Å². The van der Waals surface area contributed by atoms with Gasteiger partial charge in [-0.1, -0.05) is 0 Å². The van der Waals surface area contributed by atoms with Gasteiger partial charge < -0.3 is 9.80 Å². The lowest BCUT2D eigenvalue weighted by molar-refractivity contribution is -0.127. The zero-order chi connectivity index (χ0) is 16.7. The highest BCUT2D eigenvalue weighted by molar-refractivity contribution is 5.89. The molecule has 23 heavy (non-hydrogen) atoms. The second-order valence-corrected chi connectivity index (χ2v) is 6.39. The lowest BCUT2D eigenvalue weighted by Crippen LogP contribution is -2.29. The number of carbonyl (C=O) groups excluding carboxylic acids is 1. The Morgan fingerprint density at radius 2 is 2.04 bits per heavy atom. The molecule has 1 aliphatic rings. The van der Waals surface area contributed by atoms with Gasteiger partial charge in [-0.15, -0.1) is 0 Å². The first-order valence-electron chi connectivity index (χ1n) is 8.07. The molecule has 2 aromatic heterocycles. The molecule has 0 spiro atoms. The van der Waals surface area contributed by atoms with E-state index in [0.29, 0.717) is 12.3 Å². The molecule has 7 nitrogen and oxygen atoms in total. The van der Waals surface area contributed by atoms with E-state index in [-0.39, 0.29) is 5.91 Å². The Bertz CT molecular complexity index is 753. The van der Waals surface area contributed by atoms with Crippen LogP contribution in [0.4, 0.5) is 5.82 Å². The number of nitrogens with zero attached hydrogens (tertiary/aromatic N) is 6. The van der Waals surface area contributed by atoms with Crippen molar-refractivity contribution in [2.45, 2.75) is 27.2 Å². The molecular formula is C16H24N6O. The van der Waals surface area contributed by atoms with Crippen molar-refractivity contribution in [2.24, 2.45) is 13.0 Å². The Balaban J connectivity index is 1.89. The molecule has 0 bridgehead atoms. The van der Waals surface area contributed by atoms with Crippen molar-refractivity contribution in [3.63, 3.8) is 0 Å². The Morgan fingerprint density at radius 1 is 1.30 bits per heavy atom. The van der Waals surface area contributed by atoms with Gasteiger partial charge in [-0.2, -0.15) is 5.10 Å². The van der Waals surface area contributed by atoms with Crippen LogP contribution in [0.1, 0.15) is 24.9 Å². The molecule has 1 aliphatic heterocycles. The number of aryl methyl sites for hydroxylation is 3. The minimum atomic E-state index is 0.257. The fourth-order valence-corrected chi connectivity index (χ4v) is 3.46. The molecule has 7 heteroatoms. The first-order chi connectivity index (χ1) is 10.9. The zero-order valence-electron chi connectivity index (χ0n) is 14.5. The molecule has 0 N–H and O–H groups in total. The predicted octanol–water partition coefficient (Wildman–Crippen LogP) is 1.28. The molecule has 1 atom stereocenters. The van der Waals surface area contributed by atoms with E-state index < -0.39 is 0 Å². The lowest BCUT2D eigenvalue weighted by atomic mass is 10.1. The third-order valence-electron chi connectivity index (χ3n) is 4.52. The van der Waals surface area contributed by atoms with Crippen LogP contribution in [0.15, 0.2) is 0 Å². The van der Waals surface area contributed by atoms with Crippen LogP contribution in [0.2, 0.25) is 0 Å². The fourth-order valence-electron chi connectivity index (χ4n) is 3.46. The van der Waals surface area contributed by atoms with E-state index in [1.54, 1.807) is 4.68 Å². The number of likely N-dealkylation sites (tertiary alicyclic amines) is 1. The smallest absolute Gasteiger partial charge is 0.222 e. The summed E-state index contributed by atoms with van der Waals surface area (Å²) in [4.78, 5) is 25.1. The van der Waals surface area contributed by atoms with Crippen LogP contribution < -0.4 is 4.90 Å². The summed E-state index contributed by atoms with van der Waals surface area (Å²) < 4.78 is 1.80. The molecule has 1 amide bonds. The van der Waals surface area contributed by atoms with Crippen LogP contribution in [0.25, 0.3) is 11.0 Å². The summed E-state index contributed by atoms with van der Waals surface area (Å²) in [6.07, 6.45) is 0.622. The number of fused-ring (bicyclic) bond motifs is 1. The monoisotopic (exact) mass is 316 g/mol. The minimum absolute atomic E-state index is 0.257. The standard InChI is InChI=1S/C16H24N6O/c1-6-22-9-12(7-13(22)23)8-20(4)15-14-10(2)19-21(5)16(14)18-11(3)17-15/h12H,6-9H2,1-5H3/t12-/m0/s1. The average molecular weight is 316 g/mol. The van der Waals surface area contributed by atoms with Gasteiger partial charge >= 0.3 is 0 Å². The lowest BCUT2D eigenvalue weighted by Gasteiger charge is -2.23. The number of aromatic nitrogens is 4. The Hall–Kier alpha value is -2.18. The quantitative estimate of drug-likeness (QED) is 0.850. The first kappa shape index (κ1) is 15.7. The SMILES string of the molecule is CCN1C[C@H](CN(C)c2nc(C)nc3c2c(C)nn3C)CC1=O. The third-order valence-corrected chi connectivity index (χ3v) is 4.52.